The van der Waals surface area contributed by atoms with E-state index in [0.717, 1.165) is 6.42 Å². The highest BCUT2D eigenvalue weighted by atomic mass is 15.1. The Bertz CT molecular complexity index is 614. The number of aromatic nitrogens is 1. The summed E-state index contributed by atoms with van der Waals surface area (Å²) in [7, 11) is 0. The predicted molar refractivity (Wildman–Crippen MR) is 78.9 cm³/mol. The Balaban J connectivity index is 2.40. The summed E-state index contributed by atoms with van der Waals surface area (Å²) in [5.74, 6) is 0. The molecule has 0 N–H and O–H groups in total. The number of nitrogens with zero attached hydrogens (tertiary/aromatic N) is 1. The number of rotatable bonds is 2. The van der Waals surface area contributed by atoms with Gasteiger partial charge in [-0.15, -0.1) is 0 Å². The highest BCUT2D eigenvalue weighted by Crippen LogP contribution is 2.36. The number of hydrogen-bond donors (Lipinski definition) is 0. The second kappa shape index (κ2) is 4.01. The van der Waals surface area contributed by atoms with Crippen molar-refractivity contribution in [3.63, 3.8) is 0 Å². The minimum atomic E-state index is 0.175. The largest absolute Gasteiger partial charge is 0.335 e. The lowest BCUT2D eigenvalue weighted by Gasteiger charge is -2.29. The molecule has 0 amide bonds. The molecule has 1 aliphatic rings. The number of benzene rings is 1. The van der Waals surface area contributed by atoms with Crippen LogP contribution >= 0.6 is 0 Å². The molecule has 94 valence electrons. The molecule has 1 aromatic carbocycles. The second-order valence-electron chi connectivity index (χ2n) is 5.82. The van der Waals surface area contributed by atoms with Crippen molar-refractivity contribution in [2.45, 2.75) is 45.6 Å². The molecule has 18 heavy (non-hydrogen) atoms. The first kappa shape index (κ1) is 11.6. The van der Waals surface area contributed by atoms with Crippen molar-refractivity contribution in [3.8, 4) is 0 Å². The standard InChI is InChI=1S/C17H21N/c1-4-17(2,3)18-15-11-7-5-9-13(15)14-10-6-8-12-16(14)18/h5,7-9,11-12H,4,6,10H2,1-3H3. The number of allylic oxidation sites excluding steroid dienone is 1. The molecule has 0 spiro atoms. The van der Waals surface area contributed by atoms with Crippen LogP contribution < -0.4 is 0 Å². The fourth-order valence-electron chi connectivity index (χ4n) is 3.00. The molecule has 0 unspecified atom stereocenters. The van der Waals surface area contributed by atoms with Gasteiger partial charge in [0, 0.05) is 22.1 Å². The summed E-state index contributed by atoms with van der Waals surface area (Å²) < 4.78 is 2.54. The molecular weight excluding hydrogens is 218 g/mol. The van der Waals surface area contributed by atoms with Crippen LogP contribution in [0.1, 0.15) is 44.9 Å². The first-order valence-electron chi connectivity index (χ1n) is 6.94. The molecule has 1 aromatic heterocycles. The number of fused-ring (bicyclic) bond motifs is 3. The second-order valence-corrected chi connectivity index (χ2v) is 5.82. The van der Waals surface area contributed by atoms with Gasteiger partial charge < -0.3 is 4.57 Å². The van der Waals surface area contributed by atoms with Crippen molar-refractivity contribution in [2.24, 2.45) is 0 Å². The van der Waals surface area contributed by atoms with Crippen molar-refractivity contribution >= 4 is 17.0 Å². The molecule has 3 rings (SSSR count). The van der Waals surface area contributed by atoms with Gasteiger partial charge in [-0.1, -0.05) is 31.2 Å². The third-order valence-corrected chi connectivity index (χ3v) is 4.33. The van der Waals surface area contributed by atoms with Crippen LogP contribution in [0, 0.1) is 0 Å². The maximum Gasteiger partial charge on any atom is 0.0493 e. The molecule has 0 aliphatic heterocycles. The molecule has 1 aliphatic carbocycles. The smallest absolute Gasteiger partial charge is 0.0493 e. The van der Waals surface area contributed by atoms with Gasteiger partial charge in [-0.05, 0) is 50.8 Å². The number of aryl methyl sites for hydroxylation is 1. The third-order valence-electron chi connectivity index (χ3n) is 4.33. The molecule has 0 bridgehead atoms. The van der Waals surface area contributed by atoms with Crippen LogP contribution in [-0.4, -0.2) is 4.57 Å². The van der Waals surface area contributed by atoms with Gasteiger partial charge in [0.15, 0.2) is 0 Å². The molecule has 0 fully saturated rings. The molecule has 1 heterocycles. The van der Waals surface area contributed by atoms with Crippen LogP contribution in [-0.2, 0) is 12.0 Å². The topological polar surface area (TPSA) is 4.93 Å². The van der Waals surface area contributed by atoms with Crippen LogP contribution in [0.2, 0.25) is 0 Å². The van der Waals surface area contributed by atoms with Gasteiger partial charge in [-0.3, -0.25) is 0 Å². The van der Waals surface area contributed by atoms with Crippen molar-refractivity contribution < 1.29 is 0 Å². The molecule has 1 heteroatoms. The SMILES string of the molecule is CCC(C)(C)n1c2c(c3ccccc31)CCC=C2. The van der Waals surface area contributed by atoms with Gasteiger partial charge in [0.25, 0.3) is 0 Å². The van der Waals surface area contributed by atoms with Gasteiger partial charge >= 0.3 is 0 Å². The van der Waals surface area contributed by atoms with Crippen LogP contribution in [0.4, 0.5) is 0 Å². The zero-order valence-electron chi connectivity index (χ0n) is 11.5. The molecule has 0 atom stereocenters. The van der Waals surface area contributed by atoms with Gasteiger partial charge in [0.1, 0.15) is 0 Å². The van der Waals surface area contributed by atoms with E-state index < -0.39 is 0 Å². The third kappa shape index (κ3) is 1.53. The Morgan fingerprint density at radius 1 is 1.22 bits per heavy atom. The van der Waals surface area contributed by atoms with Crippen LogP contribution in [0.15, 0.2) is 30.3 Å². The fraction of sp³-hybridized carbons (Fsp3) is 0.412. The lowest BCUT2D eigenvalue weighted by atomic mass is 9.99. The molecule has 2 aromatic rings. The number of para-hydroxylation sites is 1. The molecular formula is C17H21N. The zero-order chi connectivity index (χ0) is 12.8. The van der Waals surface area contributed by atoms with Crippen molar-refractivity contribution in [1.82, 2.24) is 4.57 Å². The molecule has 0 saturated heterocycles. The van der Waals surface area contributed by atoms with Crippen LogP contribution in [0.25, 0.3) is 17.0 Å². The Kier molecular flexibility index (Phi) is 2.58. The Hall–Kier alpha value is -1.50. The van der Waals surface area contributed by atoms with E-state index in [1.165, 1.54) is 35.0 Å². The summed E-state index contributed by atoms with van der Waals surface area (Å²) in [6.07, 6.45) is 8.12. The quantitative estimate of drug-likeness (QED) is 0.713. The van der Waals surface area contributed by atoms with E-state index in [4.69, 9.17) is 0 Å². The average molecular weight is 239 g/mol. The van der Waals surface area contributed by atoms with Gasteiger partial charge in [-0.2, -0.15) is 0 Å². The molecule has 1 nitrogen and oxygen atoms in total. The summed E-state index contributed by atoms with van der Waals surface area (Å²) >= 11 is 0. The normalized spacial score (nSPS) is 15.1. The summed E-state index contributed by atoms with van der Waals surface area (Å²) in [5.41, 5.74) is 4.53. The van der Waals surface area contributed by atoms with Crippen molar-refractivity contribution in [1.29, 1.82) is 0 Å². The van der Waals surface area contributed by atoms with Gasteiger partial charge in [-0.25, -0.2) is 0 Å². The summed E-state index contributed by atoms with van der Waals surface area (Å²) in [4.78, 5) is 0. The highest BCUT2D eigenvalue weighted by Gasteiger charge is 2.26. The zero-order valence-corrected chi connectivity index (χ0v) is 11.5. The Labute approximate surface area is 109 Å². The van der Waals surface area contributed by atoms with E-state index in [1.807, 2.05) is 0 Å². The average Bonchev–Trinajstić information content (AvgIpc) is 2.74. The molecule has 0 saturated carbocycles. The summed E-state index contributed by atoms with van der Waals surface area (Å²) in [6.45, 7) is 6.94. The first-order valence-corrected chi connectivity index (χ1v) is 6.94. The van der Waals surface area contributed by atoms with Crippen molar-refractivity contribution in [2.75, 3.05) is 0 Å². The summed E-state index contributed by atoms with van der Waals surface area (Å²) in [6, 6.07) is 8.85. The van der Waals surface area contributed by atoms with E-state index in [0.29, 0.717) is 0 Å². The van der Waals surface area contributed by atoms with E-state index in [-0.39, 0.29) is 5.54 Å². The maximum atomic E-state index is 2.54. The van der Waals surface area contributed by atoms with Gasteiger partial charge in [0.05, 0.1) is 0 Å². The van der Waals surface area contributed by atoms with E-state index in [1.54, 1.807) is 0 Å². The van der Waals surface area contributed by atoms with Gasteiger partial charge in [0.2, 0.25) is 0 Å². The monoisotopic (exact) mass is 239 g/mol. The van der Waals surface area contributed by atoms with E-state index >= 15 is 0 Å². The maximum absolute atomic E-state index is 2.54. The number of hydrogen-bond acceptors (Lipinski definition) is 0. The van der Waals surface area contributed by atoms with E-state index in [9.17, 15) is 0 Å². The molecule has 0 radical (unpaired) electrons. The first-order chi connectivity index (χ1) is 8.65. The summed E-state index contributed by atoms with van der Waals surface area (Å²) in [5, 5.41) is 1.44. The fourth-order valence-corrected chi connectivity index (χ4v) is 3.00. The minimum absolute atomic E-state index is 0.175. The predicted octanol–water partition coefficient (Wildman–Crippen LogP) is 4.75. The highest BCUT2D eigenvalue weighted by molar-refractivity contribution is 5.89. The minimum Gasteiger partial charge on any atom is -0.335 e. The van der Waals surface area contributed by atoms with Crippen LogP contribution in [0.5, 0.6) is 0 Å². The van der Waals surface area contributed by atoms with Crippen LogP contribution in [0.3, 0.4) is 0 Å². The lowest BCUT2D eigenvalue weighted by Crippen LogP contribution is -2.26. The Morgan fingerprint density at radius 2 is 2.00 bits per heavy atom. The lowest BCUT2D eigenvalue weighted by molar-refractivity contribution is 0.351. The van der Waals surface area contributed by atoms with Crippen molar-refractivity contribution in [3.05, 3.63) is 41.6 Å². The van der Waals surface area contributed by atoms with E-state index in [2.05, 4.69) is 61.8 Å². The Morgan fingerprint density at radius 3 is 2.78 bits per heavy atom.